The molecule has 1 aromatic carbocycles. The van der Waals surface area contributed by atoms with E-state index < -0.39 is 17.9 Å². The maximum atomic E-state index is 12.0. The Balaban J connectivity index is 2.45. The number of benzene rings is 1. The summed E-state index contributed by atoms with van der Waals surface area (Å²) in [6.07, 6.45) is -0.0329. The number of rotatable bonds is 3. The lowest BCUT2D eigenvalue weighted by molar-refractivity contribution is -0.141. The molecule has 1 aliphatic heterocycles. The first-order valence-electron chi connectivity index (χ1n) is 6.26. The molecule has 0 spiro atoms. The zero-order valence-corrected chi connectivity index (χ0v) is 13.1. The quantitative estimate of drug-likeness (QED) is 0.838. The zero-order valence-electron chi connectivity index (χ0n) is 11.6. The molecule has 1 aliphatic rings. The van der Waals surface area contributed by atoms with Crippen LogP contribution in [-0.2, 0) is 14.3 Å². The van der Waals surface area contributed by atoms with Crippen molar-refractivity contribution < 1.29 is 24.2 Å². The lowest BCUT2D eigenvalue weighted by atomic mass is 10.1. The summed E-state index contributed by atoms with van der Waals surface area (Å²) < 4.78 is 5.34. The van der Waals surface area contributed by atoms with E-state index in [2.05, 4.69) is 15.9 Å². The standard InChI is InChI=1S/C14H14BrNO5/c1-7-10(14(20)21-2)4-9(15)5-11(7)16-6-8(13(18)19)3-12(16)17/h4-5,8H,3,6H2,1-2H3,(H,18,19). The summed E-state index contributed by atoms with van der Waals surface area (Å²) in [6, 6.07) is 3.31. The zero-order chi connectivity index (χ0) is 15.7. The Hall–Kier alpha value is -1.89. The van der Waals surface area contributed by atoms with E-state index in [9.17, 15) is 14.4 Å². The highest BCUT2D eigenvalue weighted by atomic mass is 79.9. The molecule has 1 N–H and O–H groups in total. The Morgan fingerprint density at radius 2 is 2.10 bits per heavy atom. The Labute approximate surface area is 129 Å². The first-order chi connectivity index (χ1) is 9.85. The molecule has 1 aromatic rings. The number of carbonyl (C=O) groups excluding carboxylic acids is 2. The Morgan fingerprint density at radius 3 is 2.62 bits per heavy atom. The first-order valence-corrected chi connectivity index (χ1v) is 7.06. The van der Waals surface area contributed by atoms with Gasteiger partial charge in [-0.3, -0.25) is 9.59 Å². The van der Waals surface area contributed by atoms with E-state index in [4.69, 9.17) is 9.84 Å². The summed E-state index contributed by atoms with van der Waals surface area (Å²) in [5.41, 5.74) is 1.46. The smallest absolute Gasteiger partial charge is 0.338 e. The van der Waals surface area contributed by atoms with Crippen LogP contribution in [0.15, 0.2) is 16.6 Å². The van der Waals surface area contributed by atoms with Crippen molar-refractivity contribution in [3.8, 4) is 0 Å². The monoisotopic (exact) mass is 355 g/mol. The number of methoxy groups -OCH3 is 1. The summed E-state index contributed by atoms with van der Waals surface area (Å²) in [6.45, 7) is 1.81. The fourth-order valence-corrected chi connectivity index (χ4v) is 2.82. The number of nitrogens with zero attached hydrogens (tertiary/aromatic N) is 1. The second kappa shape index (κ2) is 5.85. The van der Waals surface area contributed by atoms with Crippen LogP contribution >= 0.6 is 15.9 Å². The number of halogens is 1. The molecule has 1 unspecified atom stereocenters. The summed E-state index contributed by atoms with van der Waals surface area (Å²) in [5, 5.41) is 9.04. The predicted molar refractivity (Wildman–Crippen MR) is 78.3 cm³/mol. The number of aliphatic carboxylic acids is 1. The van der Waals surface area contributed by atoms with Crippen molar-refractivity contribution in [1.82, 2.24) is 0 Å². The molecule has 21 heavy (non-hydrogen) atoms. The highest BCUT2D eigenvalue weighted by Gasteiger charge is 2.36. The van der Waals surface area contributed by atoms with Crippen LogP contribution in [-0.4, -0.2) is 36.6 Å². The lowest BCUT2D eigenvalue weighted by Crippen LogP contribution is -2.27. The van der Waals surface area contributed by atoms with Gasteiger partial charge in [-0.15, -0.1) is 0 Å². The number of anilines is 1. The molecular formula is C14H14BrNO5. The summed E-state index contributed by atoms with van der Waals surface area (Å²) in [7, 11) is 1.28. The third-order valence-electron chi connectivity index (χ3n) is 3.52. The van der Waals surface area contributed by atoms with Crippen LogP contribution in [0.3, 0.4) is 0 Å². The molecule has 7 heteroatoms. The van der Waals surface area contributed by atoms with Gasteiger partial charge in [-0.05, 0) is 24.6 Å². The molecule has 0 saturated carbocycles. The van der Waals surface area contributed by atoms with Crippen LogP contribution in [0.1, 0.15) is 22.3 Å². The van der Waals surface area contributed by atoms with Crippen LogP contribution < -0.4 is 4.90 Å². The molecule has 0 radical (unpaired) electrons. The minimum atomic E-state index is -0.994. The SMILES string of the molecule is COC(=O)c1cc(Br)cc(N2CC(C(=O)O)CC2=O)c1C. The van der Waals surface area contributed by atoms with E-state index in [-0.39, 0.29) is 18.9 Å². The molecule has 1 atom stereocenters. The van der Waals surface area contributed by atoms with Crippen molar-refractivity contribution >= 4 is 39.5 Å². The highest BCUT2D eigenvalue weighted by Crippen LogP contribution is 2.33. The average Bonchev–Trinajstić information content (AvgIpc) is 2.82. The van der Waals surface area contributed by atoms with Crippen LogP contribution in [0, 0.1) is 12.8 Å². The van der Waals surface area contributed by atoms with E-state index in [1.165, 1.54) is 12.0 Å². The molecule has 1 fully saturated rings. The first kappa shape index (κ1) is 15.5. The molecule has 1 amide bonds. The second-order valence-electron chi connectivity index (χ2n) is 4.83. The number of carboxylic acids is 1. The average molecular weight is 356 g/mol. The van der Waals surface area contributed by atoms with Crippen molar-refractivity contribution in [3.05, 3.63) is 27.7 Å². The van der Waals surface area contributed by atoms with Crippen molar-refractivity contribution in [3.63, 3.8) is 0 Å². The van der Waals surface area contributed by atoms with Gasteiger partial charge in [0.05, 0.1) is 18.6 Å². The van der Waals surface area contributed by atoms with Gasteiger partial charge in [0.25, 0.3) is 0 Å². The van der Waals surface area contributed by atoms with Crippen LogP contribution in [0.4, 0.5) is 5.69 Å². The molecule has 2 rings (SSSR count). The predicted octanol–water partition coefficient (Wildman–Crippen LogP) is 1.98. The van der Waals surface area contributed by atoms with Gasteiger partial charge >= 0.3 is 11.9 Å². The molecule has 1 heterocycles. The molecule has 0 bridgehead atoms. The number of amides is 1. The van der Waals surface area contributed by atoms with E-state index in [1.54, 1.807) is 19.1 Å². The maximum Gasteiger partial charge on any atom is 0.338 e. The van der Waals surface area contributed by atoms with E-state index in [0.717, 1.165) is 0 Å². The Bertz CT molecular complexity index is 628. The normalized spacial score (nSPS) is 18.0. The third kappa shape index (κ3) is 2.92. The number of ether oxygens (including phenoxy) is 1. The van der Waals surface area contributed by atoms with Gasteiger partial charge in [-0.25, -0.2) is 4.79 Å². The van der Waals surface area contributed by atoms with Crippen LogP contribution in [0.2, 0.25) is 0 Å². The Kier molecular flexibility index (Phi) is 4.32. The fourth-order valence-electron chi connectivity index (χ4n) is 2.37. The van der Waals surface area contributed by atoms with Crippen molar-refractivity contribution in [2.24, 2.45) is 5.92 Å². The van der Waals surface area contributed by atoms with Gasteiger partial charge in [0.1, 0.15) is 0 Å². The minimum absolute atomic E-state index is 0.0329. The van der Waals surface area contributed by atoms with Gasteiger partial charge in [0.15, 0.2) is 0 Å². The summed E-state index contributed by atoms with van der Waals surface area (Å²) >= 11 is 3.29. The largest absolute Gasteiger partial charge is 0.481 e. The maximum absolute atomic E-state index is 12.0. The van der Waals surface area contributed by atoms with Gasteiger partial charge < -0.3 is 14.7 Å². The third-order valence-corrected chi connectivity index (χ3v) is 3.97. The molecule has 0 aliphatic carbocycles. The number of carboxylic acid groups (broad SMARTS) is 1. The van der Waals surface area contributed by atoms with Gasteiger partial charge in [0.2, 0.25) is 5.91 Å². The topological polar surface area (TPSA) is 83.9 Å². The molecule has 112 valence electrons. The number of esters is 1. The molecular weight excluding hydrogens is 342 g/mol. The summed E-state index contributed by atoms with van der Waals surface area (Å²) in [5.74, 6) is -2.49. The van der Waals surface area contributed by atoms with Crippen LogP contribution in [0.25, 0.3) is 0 Å². The van der Waals surface area contributed by atoms with Crippen molar-refractivity contribution in [2.75, 3.05) is 18.6 Å². The van der Waals surface area contributed by atoms with Crippen molar-refractivity contribution in [1.29, 1.82) is 0 Å². The lowest BCUT2D eigenvalue weighted by Gasteiger charge is -2.20. The Morgan fingerprint density at radius 1 is 1.43 bits per heavy atom. The van der Waals surface area contributed by atoms with Crippen LogP contribution in [0.5, 0.6) is 0 Å². The van der Waals surface area contributed by atoms with E-state index >= 15 is 0 Å². The minimum Gasteiger partial charge on any atom is -0.481 e. The molecule has 1 saturated heterocycles. The molecule has 6 nitrogen and oxygen atoms in total. The van der Waals surface area contributed by atoms with E-state index in [1.807, 2.05) is 0 Å². The number of hydrogen-bond donors (Lipinski definition) is 1. The van der Waals surface area contributed by atoms with Crippen molar-refractivity contribution in [2.45, 2.75) is 13.3 Å². The highest BCUT2D eigenvalue weighted by molar-refractivity contribution is 9.10. The van der Waals surface area contributed by atoms with Gasteiger partial charge in [0, 0.05) is 23.1 Å². The fraction of sp³-hybridized carbons (Fsp3) is 0.357. The van der Waals surface area contributed by atoms with Gasteiger partial charge in [-0.1, -0.05) is 15.9 Å². The van der Waals surface area contributed by atoms with E-state index in [0.29, 0.717) is 21.3 Å². The van der Waals surface area contributed by atoms with Gasteiger partial charge in [-0.2, -0.15) is 0 Å². The number of carbonyl (C=O) groups is 3. The second-order valence-corrected chi connectivity index (χ2v) is 5.75. The molecule has 0 aromatic heterocycles. The summed E-state index contributed by atoms with van der Waals surface area (Å²) in [4.78, 5) is 36.2. The number of hydrogen-bond acceptors (Lipinski definition) is 4.